The number of anilines is 1. The number of carbonyl (C=O) groups is 1. The number of hydrogen-bond donors (Lipinski definition) is 3. The molecule has 0 radical (unpaired) electrons. The summed E-state index contributed by atoms with van der Waals surface area (Å²) in [6.45, 7) is 6.14. The fourth-order valence-corrected chi connectivity index (χ4v) is 5.10. The Kier molecular flexibility index (Phi) is 9.96. The largest absolute Gasteiger partial charge is 0.486 e. The highest BCUT2D eigenvalue weighted by Gasteiger charge is 2.17. The highest BCUT2D eigenvalue weighted by molar-refractivity contribution is 14.2. The molecule has 0 saturated carbocycles. The molecule has 3 N–H and O–H groups in total. The molecule has 0 aliphatic carbocycles. The summed E-state index contributed by atoms with van der Waals surface area (Å²) in [5, 5.41) is 6.28. The second kappa shape index (κ2) is 13.1. The van der Waals surface area contributed by atoms with E-state index in [-0.39, 0.29) is 11.6 Å². The van der Waals surface area contributed by atoms with Crippen molar-refractivity contribution in [2.75, 3.05) is 25.6 Å². The van der Waals surface area contributed by atoms with Gasteiger partial charge in [0.05, 0.1) is 11.9 Å². The summed E-state index contributed by atoms with van der Waals surface area (Å²) in [5.41, 5.74) is 5.28. The molecule has 1 amide bonds. The van der Waals surface area contributed by atoms with Gasteiger partial charge in [0.1, 0.15) is 6.61 Å². The van der Waals surface area contributed by atoms with Gasteiger partial charge in [0.15, 0.2) is 11.4 Å². The summed E-state index contributed by atoms with van der Waals surface area (Å²) in [6, 6.07) is 15.8. The van der Waals surface area contributed by atoms with E-state index in [0.29, 0.717) is 25.5 Å². The van der Waals surface area contributed by atoms with Gasteiger partial charge in [-0.2, -0.15) is 0 Å². The van der Waals surface area contributed by atoms with Crippen LogP contribution in [0.2, 0.25) is 0 Å². The number of nitrogens with one attached hydrogen (secondary N) is 3. The number of amides is 1. The molecule has 0 bridgehead atoms. The molecule has 0 atom stereocenters. The first-order valence-electron chi connectivity index (χ1n) is 11.1. The molecule has 8 heteroatoms. The lowest BCUT2D eigenvalue weighted by molar-refractivity contribution is 0.0941. The maximum atomic E-state index is 13.1. The lowest BCUT2D eigenvalue weighted by Gasteiger charge is -2.15. The van der Waals surface area contributed by atoms with Crippen LogP contribution in [0.1, 0.15) is 39.2 Å². The van der Waals surface area contributed by atoms with Crippen LogP contribution in [-0.2, 0) is 17.9 Å². The second-order valence-electron chi connectivity index (χ2n) is 7.94. The van der Waals surface area contributed by atoms with Crippen molar-refractivity contribution in [1.82, 2.24) is 10.3 Å². The van der Waals surface area contributed by atoms with Crippen molar-refractivity contribution in [2.24, 2.45) is 0 Å². The molecule has 3 rings (SSSR count). The first kappa shape index (κ1) is 25.8. The summed E-state index contributed by atoms with van der Waals surface area (Å²) in [5.74, 6) is 0.120. The van der Waals surface area contributed by atoms with Gasteiger partial charge in [0.25, 0.3) is 5.91 Å². The molecular weight excluding hydrogens is 543 g/mol. The smallest absolute Gasteiger partial charge is 0.274 e. The molecule has 34 heavy (non-hydrogen) atoms. The van der Waals surface area contributed by atoms with Crippen LogP contribution in [0, 0.1) is 21.0 Å². The molecule has 0 unspecified atom stereocenters. The Bertz CT molecular complexity index is 1120. The van der Waals surface area contributed by atoms with E-state index in [4.69, 9.17) is 13.0 Å². The van der Waals surface area contributed by atoms with E-state index in [0.717, 1.165) is 44.5 Å². The lowest BCUT2D eigenvalue weighted by atomic mass is 10.1. The third-order valence-corrected chi connectivity index (χ3v) is 6.79. The Morgan fingerprint density at radius 3 is 2.68 bits per heavy atom. The van der Waals surface area contributed by atoms with E-state index in [1.165, 1.54) is 0 Å². The predicted molar refractivity (Wildman–Crippen MR) is 143 cm³/mol. The van der Waals surface area contributed by atoms with Gasteiger partial charge in [0, 0.05) is 57.5 Å². The van der Waals surface area contributed by atoms with Crippen molar-refractivity contribution in [3.8, 4) is 5.75 Å². The zero-order valence-corrected chi connectivity index (χ0v) is 21.9. The quantitative estimate of drug-likeness (QED) is 0.195. The number of nitrogens with zero attached hydrogens (tertiary/aromatic N) is 1. The highest BCUT2D eigenvalue weighted by atomic mass is 127. The van der Waals surface area contributed by atoms with E-state index >= 15 is 0 Å². The number of carbonyl (C=O) groups excluding carboxylic acids is 1. The third-order valence-electron chi connectivity index (χ3n) is 5.25. The van der Waals surface area contributed by atoms with Crippen molar-refractivity contribution in [1.29, 1.82) is 3.56 Å². The summed E-state index contributed by atoms with van der Waals surface area (Å²) < 4.78 is 20.1. The van der Waals surface area contributed by atoms with Gasteiger partial charge in [-0.25, -0.2) is 4.98 Å². The molecule has 0 spiro atoms. The maximum absolute atomic E-state index is 13.1. The molecule has 180 valence electrons. The molecule has 1 aromatic heterocycles. The van der Waals surface area contributed by atoms with Gasteiger partial charge < -0.3 is 20.1 Å². The van der Waals surface area contributed by atoms with Crippen LogP contribution in [0.3, 0.4) is 0 Å². The van der Waals surface area contributed by atoms with Crippen molar-refractivity contribution in [3.05, 3.63) is 86.2 Å². The summed E-state index contributed by atoms with van der Waals surface area (Å²) in [7, 11) is 1.68. The summed E-state index contributed by atoms with van der Waals surface area (Å²) >= 11 is -0.845. The average Bonchev–Trinajstić information content (AvgIpc) is 2.85. The number of pyridine rings is 1. The van der Waals surface area contributed by atoms with Crippen LogP contribution in [0.15, 0.2) is 54.7 Å². The number of aryl methyl sites for hydroxylation is 2. The van der Waals surface area contributed by atoms with Crippen molar-refractivity contribution in [3.63, 3.8) is 0 Å². The van der Waals surface area contributed by atoms with Crippen LogP contribution < -0.4 is 15.4 Å². The first-order chi connectivity index (χ1) is 16.5. The van der Waals surface area contributed by atoms with Crippen LogP contribution in [0.25, 0.3) is 0 Å². The number of halogens is 1. The van der Waals surface area contributed by atoms with Gasteiger partial charge in [-0.05, 0) is 48.6 Å². The maximum Gasteiger partial charge on any atom is 0.274 e. The normalized spacial score (nSPS) is 10.7. The number of hydrogen-bond acceptors (Lipinski definition) is 6. The Hall–Kier alpha value is -2.85. The van der Waals surface area contributed by atoms with Gasteiger partial charge in [-0.1, -0.05) is 36.4 Å². The van der Waals surface area contributed by atoms with Gasteiger partial charge >= 0.3 is 0 Å². The van der Waals surface area contributed by atoms with E-state index < -0.39 is 21.0 Å². The molecule has 0 fully saturated rings. The molecule has 0 aliphatic heterocycles. The van der Waals surface area contributed by atoms with Crippen molar-refractivity contribution < 1.29 is 14.3 Å². The molecule has 0 aliphatic rings. The summed E-state index contributed by atoms with van der Waals surface area (Å²) in [4.78, 5) is 17.5. The van der Waals surface area contributed by atoms with Gasteiger partial charge in [-0.15, -0.1) is 0 Å². The summed E-state index contributed by atoms with van der Waals surface area (Å²) in [6.07, 6.45) is 2.50. The molecule has 1 heterocycles. The lowest BCUT2D eigenvalue weighted by Crippen LogP contribution is -2.25. The minimum Gasteiger partial charge on any atom is -0.486 e. The number of ether oxygens (including phenoxy) is 2. The number of rotatable bonds is 12. The molecule has 7 nitrogen and oxygen atoms in total. The third kappa shape index (κ3) is 7.33. The molecular formula is C26H31IN4O3. The fourth-order valence-electron chi connectivity index (χ4n) is 3.51. The second-order valence-corrected chi connectivity index (χ2v) is 9.64. The topological polar surface area (TPSA) is 96.3 Å². The van der Waals surface area contributed by atoms with Crippen LogP contribution in [0.4, 0.5) is 5.69 Å². The van der Waals surface area contributed by atoms with E-state index in [1.54, 1.807) is 13.3 Å². The molecule has 2 aromatic carbocycles. The van der Waals surface area contributed by atoms with Crippen LogP contribution >= 0.6 is 21.0 Å². The molecule has 3 aromatic rings. The minimum absolute atomic E-state index is 0.241. The number of aromatic nitrogens is 1. The Labute approximate surface area is 211 Å². The standard InChI is InChI=1S/C26H31IN4O3/c1-18-12-19(2)22(23(13-18)27-28)16-31-26(32)25-24(34-17-20-8-5-4-6-9-20)14-21(15-30-25)29-10-7-11-33-3/h4-6,8-9,12-15,28-29H,7,10-11,16-17H2,1-3H3,(H,31,32). The van der Waals surface area contributed by atoms with Gasteiger partial charge in [-0.3, -0.25) is 8.36 Å². The Morgan fingerprint density at radius 1 is 1.15 bits per heavy atom. The fraction of sp³-hybridized carbons (Fsp3) is 0.308. The number of methoxy groups -OCH3 is 1. The average molecular weight is 574 g/mol. The Morgan fingerprint density at radius 2 is 1.94 bits per heavy atom. The van der Waals surface area contributed by atoms with Crippen molar-refractivity contribution >= 4 is 32.6 Å². The van der Waals surface area contributed by atoms with Crippen molar-refractivity contribution in [2.45, 2.75) is 33.4 Å². The van der Waals surface area contributed by atoms with E-state index in [2.05, 4.69) is 21.7 Å². The monoisotopic (exact) mass is 574 g/mol. The van der Waals surface area contributed by atoms with Crippen LogP contribution in [0.5, 0.6) is 5.75 Å². The van der Waals surface area contributed by atoms with Gasteiger partial charge in [0.2, 0.25) is 0 Å². The Balaban J connectivity index is 1.77. The van der Waals surface area contributed by atoms with Crippen LogP contribution in [-0.4, -0.2) is 31.2 Å². The van der Waals surface area contributed by atoms with E-state index in [9.17, 15) is 4.79 Å². The minimum atomic E-state index is -0.845. The number of benzene rings is 2. The first-order valence-corrected chi connectivity index (χ1v) is 13.3. The molecule has 0 saturated heterocycles. The highest BCUT2D eigenvalue weighted by Crippen LogP contribution is 2.24. The SMILES string of the molecule is COCCCNc1cnc(C(=O)NCc2c(C)cc(C)cc2I=N)c(OCc2ccccc2)c1. The zero-order valence-electron chi connectivity index (χ0n) is 19.8. The predicted octanol–water partition coefficient (Wildman–Crippen LogP) is 5.56. The van der Waals surface area contributed by atoms with E-state index in [1.807, 2.05) is 56.3 Å². The zero-order chi connectivity index (χ0) is 24.3.